The second-order valence-corrected chi connectivity index (χ2v) is 6.38. The summed E-state index contributed by atoms with van der Waals surface area (Å²) in [5.41, 5.74) is 4.06. The second-order valence-electron chi connectivity index (χ2n) is 4.51. The predicted octanol–water partition coefficient (Wildman–Crippen LogP) is 4.77. The molecular formula is C16H18BrNS. The van der Waals surface area contributed by atoms with E-state index >= 15 is 0 Å². The van der Waals surface area contributed by atoms with Crippen LogP contribution in [0.4, 0.5) is 0 Å². The Labute approximate surface area is 127 Å². The van der Waals surface area contributed by atoms with Gasteiger partial charge in [-0.1, -0.05) is 30.3 Å². The summed E-state index contributed by atoms with van der Waals surface area (Å²) in [4.78, 5) is 1.29. The van der Waals surface area contributed by atoms with Crippen molar-refractivity contribution in [1.82, 2.24) is 5.32 Å². The number of rotatable bonds is 5. The standard InChI is InChI=1S/C16H18BrNS/c1-12-5-3-4-6-14(12)11-19-16-8-7-13(10-18-2)9-15(16)17/h3-9,18H,10-11H2,1-2H3. The lowest BCUT2D eigenvalue weighted by Crippen LogP contribution is -2.04. The number of hydrogen-bond donors (Lipinski definition) is 1. The van der Waals surface area contributed by atoms with Gasteiger partial charge in [-0.25, -0.2) is 0 Å². The zero-order valence-electron chi connectivity index (χ0n) is 11.2. The van der Waals surface area contributed by atoms with Crippen LogP contribution >= 0.6 is 27.7 Å². The highest BCUT2D eigenvalue weighted by Crippen LogP contribution is 2.31. The molecule has 100 valence electrons. The maximum atomic E-state index is 3.66. The second kappa shape index (κ2) is 7.13. The van der Waals surface area contributed by atoms with E-state index in [9.17, 15) is 0 Å². The van der Waals surface area contributed by atoms with Gasteiger partial charge in [-0.3, -0.25) is 0 Å². The molecule has 0 spiro atoms. The molecule has 0 heterocycles. The molecule has 0 bridgehead atoms. The van der Waals surface area contributed by atoms with Crippen molar-refractivity contribution in [1.29, 1.82) is 0 Å². The first-order valence-electron chi connectivity index (χ1n) is 6.31. The third-order valence-corrected chi connectivity index (χ3v) is 5.06. The quantitative estimate of drug-likeness (QED) is 0.790. The molecule has 0 atom stereocenters. The van der Waals surface area contributed by atoms with Gasteiger partial charge in [0.2, 0.25) is 0 Å². The number of halogens is 1. The van der Waals surface area contributed by atoms with Gasteiger partial charge >= 0.3 is 0 Å². The Kier molecular flexibility index (Phi) is 5.49. The van der Waals surface area contributed by atoms with Crippen LogP contribution in [0.2, 0.25) is 0 Å². The average molecular weight is 336 g/mol. The molecule has 0 unspecified atom stereocenters. The van der Waals surface area contributed by atoms with E-state index in [0.717, 1.165) is 12.3 Å². The van der Waals surface area contributed by atoms with Crippen LogP contribution in [0.25, 0.3) is 0 Å². The Morgan fingerprint density at radius 3 is 2.63 bits per heavy atom. The van der Waals surface area contributed by atoms with Crippen molar-refractivity contribution in [3.63, 3.8) is 0 Å². The molecular weight excluding hydrogens is 318 g/mol. The van der Waals surface area contributed by atoms with Crippen LogP contribution < -0.4 is 5.32 Å². The van der Waals surface area contributed by atoms with Gasteiger partial charge < -0.3 is 5.32 Å². The van der Waals surface area contributed by atoms with Gasteiger partial charge in [-0.05, 0) is 58.7 Å². The van der Waals surface area contributed by atoms with Crippen LogP contribution in [0.1, 0.15) is 16.7 Å². The summed E-state index contributed by atoms with van der Waals surface area (Å²) in [7, 11) is 1.97. The lowest BCUT2D eigenvalue weighted by Gasteiger charge is -2.08. The molecule has 0 aromatic heterocycles. The maximum absolute atomic E-state index is 3.66. The van der Waals surface area contributed by atoms with Gasteiger partial charge in [0, 0.05) is 21.7 Å². The molecule has 2 rings (SSSR count). The topological polar surface area (TPSA) is 12.0 Å². The fraction of sp³-hybridized carbons (Fsp3) is 0.250. The van der Waals surface area contributed by atoms with E-state index in [1.54, 1.807) is 0 Å². The fourth-order valence-electron chi connectivity index (χ4n) is 1.90. The van der Waals surface area contributed by atoms with Crippen molar-refractivity contribution in [2.75, 3.05) is 7.05 Å². The average Bonchev–Trinajstić information content (AvgIpc) is 2.40. The molecule has 3 heteroatoms. The van der Waals surface area contributed by atoms with E-state index in [4.69, 9.17) is 0 Å². The first-order chi connectivity index (χ1) is 9.20. The minimum Gasteiger partial charge on any atom is -0.316 e. The molecule has 0 aliphatic heterocycles. The first kappa shape index (κ1) is 14.6. The van der Waals surface area contributed by atoms with Crippen molar-refractivity contribution in [2.45, 2.75) is 24.1 Å². The zero-order chi connectivity index (χ0) is 13.7. The Morgan fingerprint density at radius 1 is 1.16 bits per heavy atom. The lowest BCUT2D eigenvalue weighted by atomic mass is 10.1. The van der Waals surface area contributed by atoms with Gasteiger partial charge in [0.15, 0.2) is 0 Å². The number of thioether (sulfide) groups is 1. The van der Waals surface area contributed by atoms with Gasteiger partial charge in [0.25, 0.3) is 0 Å². The van der Waals surface area contributed by atoms with Crippen LogP contribution in [0, 0.1) is 6.92 Å². The summed E-state index contributed by atoms with van der Waals surface area (Å²) in [5, 5.41) is 3.17. The normalized spacial score (nSPS) is 10.7. The molecule has 0 fully saturated rings. The Bertz CT molecular complexity index is 554. The highest BCUT2D eigenvalue weighted by atomic mass is 79.9. The lowest BCUT2D eigenvalue weighted by molar-refractivity contribution is 0.816. The Morgan fingerprint density at radius 2 is 1.95 bits per heavy atom. The Hall–Kier alpha value is -0.770. The summed E-state index contributed by atoms with van der Waals surface area (Å²) in [6.07, 6.45) is 0. The molecule has 0 amide bonds. The van der Waals surface area contributed by atoms with Gasteiger partial charge in [-0.2, -0.15) is 0 Å². The van der Waals surface area contributed by atoms with Crippen molar-refractivity contribution >= 4 is 27.7 Å². The molecule has 0 saturated carbocycles. The van der Waals surface area contributed by atoms with Crippen LogP contribution in [0.5, 0.6) is 0 Å². The Balaban J connectivity index is 2.06. The number of benzene rings is 2. The fourth-order valence-corrected chi connectivity index (χ4v) is 3.67. The third kappa shape index (κ3) is 4.10. The van der Waals surface area contributed by atoms with Crippen LogP contribution in [-0.2, 0) is 12.3 Å². The molecule has 0 saturated heterocycles. The molecule has 1 N–H and O–H groups in total. The number of hydrogen-bond acceptors (Lipinski definition) is 2. The van der Waals surface area contributed by atoms with Crippen molar-refractivity contribution < 1.29 is 0 Å². The van der Waals surface area contributed by atoms with Crippen LogP contribution in [-0.4, -0.2) is 7.05 Å². The van der Waals surface area contributed by atoms with Crippen LogP contribution in [0.3, 0.4) is 0 Å². The van der Waals surface area contributed by atoms with E-state index in [0.29, 0.717) is 0 Å². The summed E-state index contributed by atoms with van der Waals surface area (Å²) < 4.78 is 1.18. The van der Waals surface area contributed by atoms with Crippen molar-refractivity contribution in [2.24, 2.45) is 0 Å². The van der Waals surface area contributed by atoms with Crippen molar-refractivity contribution in [3.05, 3.63) is 63.6 Å². The molecule has 2 aromatic rings. The number of aryl methyl sites for hydroxylation is 1. The van der Waals surface area contributed by atoms with E-state index < -0.39 is 0 Å². The van der Waals surface area contributed by atoms with Crippen LogP contribution in [0.15, 0.2) is 51.8 Å². The molecule has 0 radical (unpaired) electrons. The van der Waals surface area contributed by atoms with Gasteiger partial charge in [-0.15, -0.1) is 11.8 Å². The predicted molar refractivity (Wildman–Crippen MR) is 87.6 cm³/mol. The van der Waals surface area contributed by atoms with E-state index in [1.165, 1.54) is 26.1 Å². The summed E-state index contributed by atoms with van der Waals surface area (Å²) >= 11 is 5.53. The van der Waals surface area contributed by atoms with E-state index in [2.05, 4.69) is 70.6 Å². The summed E-state index contributed by atoms with van der Waals surface area (Å²) in [6.45, 7) is 3.07. The van der Waals surface area contributed by atoms with E-state index in [-0.39, 0.29) is 0 Å². The maximum Gasteiger partial charge on any atom is 0.0314 e. The largest absolute Gasteiger partial charge is 0.316 e. The SMILES string of the molecule is CNCc1ccc(SCc2ccccc2C)c(Br)c1. The molecule has 0 aliphatic carbocycles. The highest BCUT2D eigenvalue weighted by molar-refractivity contribution is 9.10. The highest BCUT2D eigenvalue weighted by Gasteiger charge is 2.04. The molecule has 2 aromatic carbocycles. The zero-order valence-corrected chi connectivity index (χ0v) is 13.6. The third-order valence-electron chi connectivity index (χ3n) is 3.02. The smallest absolute Gasteiger partial charge is 0.0314 e. The summed E-state index contributed by atoms with van der Waals surface area (Å²) in [6, 6.07) is 15.1. The van der Waals surface area contributed by atoms with Gasteiger partial charge in [0.1, 0.15) is 0 Å². The minimum absolute atomic E-state index is 0.904. The molecule has 1 nitrogen and oxygen atoms in total. The van der Waals surface area contributed by atoms with E-state index in [1.807, 2.05) is 18.8 Å². The number of nitrogens with one attached hydrogen (secondary N) is 1. The monoisotopic (exact) mass is 335 g/mol. The van der Waals surface area contributed by atoms with Gasteiger partial charge in [0.05, 0.1) is 0 Å². The van der Waals surface area contributed by atoms with Crippen molar-refractivity contribution in [3.8, 4) is 0 Å². The summed E-state index contributed by atoms with van der Waals surface area (Å²) in [5.74, 6) is 1.01. The minimum atomic E-state index is 0.904. The first-order valence-corrected chi connectivity index (χ1v) is 8.09. The molecule has 0 aliphatic rings. The molecule has 19 heavy (non-hydrogen) atoms.